The van der Waals surface area contributed by atoms with Crippen molar-refractivity contribution < 1.29 is 9.53 Å². The Hall–Kier alpha value is -3.22. The lowest BCUT2D eigenvalue weighted by molar-refractivity contribution is 0.0682. The normalized spacial score (nSPS) is 16.7. The second-order valence-electron chi connectivity index (χ2n) is 7.50. The minimum absolute atomic E-state index is 0.0289. The van der Waals surface area contributed by atoms with E-state index in [4.69, 9.17) is 4.74 Å². The van der Waals surface area contributed by atoms with Crippen LogP contribution in [0, 0.1) is 12.8 Å². The van der Waals surface area contributed by atoms with Crippen molar-refractivity contribution in [1.29, 1.82) is 0 Å². The summed E-state index contributed by atoms with van der Waals surface area (Å²) in [4.78, 5) is 24.0. The zero-order chi connectivity index (χ0) is 20.4. The molecule has 1 aliphatic rings. The van der Waals surface area contributed by atoms with Crippen LogP contribution in [0.4, 0.5) is 0 Å². The number of hydrogen-bond donors (Lipinski definition) is 0. The van der Waals surface area contributed by atoms with E-state index in [1.54, 1.807) is 24.2 Å². The molecule has 1 amide bonds. The molecule has 3 aromatic rings. The highest BCUT2D eigenvalue weighted by Gasteiger charge is 2.25. The summed E-state index contributed by atoms with van der Waals surface area (Å²) < 4.78 is 7.07. The summed E-state index contributed by atoms with van der Waals surface area (Å²) >= 11 is 0. The van der Waals surface area contributed by atoms with Crippen molar-refractivity contribution in [3.05, 3.63) is 54.0 Å². The van der Waals surface area contributed by atoms with Gasteiger partial charge in [0.05, 0.1) is 30.3 Å². The number of nitrogens with zero attached hydrogens (tertiary/aromatic N) is 5. The molecule has 7 heteroatoms. The van der Waals surface area contributed by atoms with Gasteiger partial charge in [-0.15, -0.1) is 0 Å². The maximum Gasteiger partial charge on any atom is 0.257 e. The monoisotopic (exact) mass is 391 g/mol. The van der Waals surface area contributed by atoms with Crippen molar-refractivity contribution in [3.63, 3.8) is 0 Å². The van der Waals surface area contributed by atoms with E-state index < -0.39 is 0 Å². The summed E-state index contributed by atoms with van der Waals surface area (Å²) in [5.74, 6) is 1.73. The number of aromatic nitrogens is 4. The number of likely N-dealkylation sites (tertiary alicyclic amines) is 1. The quantitative estimate of drug-likeness (QED) is 0.680. The van der Waals surface area contributed by atoms with Gasteiger partial charge in [0.1, 0.15) is 5.75 Å². The largest absolute Gasteiger partial charge is 0.496 e. The lowest BCUT2D eigenvalue weighted by Gasteiger charge is -2.30. The number of ether oxygens (including phenoxy) is 1. The molecule has 1 aliphatic heterocycles. The van der Waals surface area contributed by atoms with Crippen LogP contribution in [0.25, 0.3) is 17.2 Å². The van der Waals surface area contributed by atoms with E-state index in [9.17, 15) is 4.79 Å². The van der Waals surface area contributed by atoms with Gasteiger partial charge in [0.25, 0.3) is 11.9 Å². The molecule has 7 nitrogen and oxygen atoms in total. The molecule has 29 heavy (non-hydrogen) atoms. The van der Waals surface area contributed by atoms with Gasteiger partial charge in [-0.3, -0.25) is 4.79 Å². The van der Waals surface area contributed by atoms with Gasteiger partial charge in [0.15, 0.2) is 0 Å². The van der Waals surface area contributed by atoms with Crippen molar-refractivity contribution in [2.45, 2.75) is 26.7 Å². The zero-order valence-electron chi connectivity index (χ0n) is 17.0. The van der Waals surface area contributed by atoms with Crippen molar-refractivity contribution in [2.75, 3.05) is 20.2 Å². The van der Waals surface area contributed by atoms with Crippen LogP contribution >= 0.6 is 0 Å². The van der Waals surface area contributed by atoms with Crippen LogP contribution in [-0.4, -0.2) is 50.8 Å². The number of benzene rings is 1. The Bertz CT molecular complexity index is 1030. The third-order valence-corrected chi connectivity index (χ3v) is 5.40. The predicted molar refractivity (Wildman–Crippen MR) is 110 cm³/mol. The molecule has 0 bridgehead atoms. The highest BCUT2D eigenvalue weighted by atomic mass is 16.5. The first-order valence-electron chi connectivity index (χ1n) is 9.89. The average molecular weight is 391 g/mol. The topological polar surface area (TPSA) is 73.1 Å². The first-order chi connectivity index (χ1) is 14.1. The number of carbonyl (C=O) groups excluding carboxylic acids is 1. The first-order valence-corrected chi connectivity index (χ1v) is 9.89. The number of carbonyl (C=O) groups is 1. The molecule has 2 aromatic heterocycles. The molecule has 1 fully saturated rings. The summed E-state index contributed by atoms with van der Waals surface area (Å²) in [6, 6.07) is 9.54. The molecule has 0 unspecified atom stereocenters. The molecule has 150 valence electrons. The lowest BCUT2D eigenvalue weighted by Crippen LogP contribution is -2.39. The van der Waals surface area contributed by atoms with Gasteiger partial charge in [-0.1, -0.05) is 19.1 Å². The summed E-state index contributed by atoms with van der Waals surface area (Å²) in [6.45, 7) is 5.66. The van der Waals surface area contributed by atoms with Crippen LogP contribution in [0.2, 0.25) is 0 Å². The Balaban J connectivity index is 1.66. The predicted octanol–water partition coefficient (Wildman–Crippen LogP) is 3.52. The summed E-state index contributed by atoms with van der Waals surface area (Å²) in [5.41, 5.74) is 2.96. The number of para-hydroxylation sites is 1. The second kappa shape index (κ2) is 8.03. The Labute approximate surface area is 170 Å². The number of hydrogen-bond acceptors (Lipinski definition) is 5. The van der Waals surface area contributed by atoms with Crippen LogP contribution in [0.15, 0.2) is 42.7 Å². The Morgan fingerprint density at radius 1 is 1.24 bits per heavy atom. The first kappa shape index (κ1) is 19.1. The van der Waals surface area contributed by atoms with E-state index in [-0.39, 0.29) is 5.91 Å². The molecule has 0 radical (unpaired) electrons. The van der Waals surface area contributed by atoms with Gasteiger partial charge >= 0.3 is 0 Å². The van der Waals surface area contributed by atoms with Crippen molar-refractivity contribution in [3.8, 4) is 23.0 Å². The van der Waals surface area contributed by atoms with Crippen LogP contribution in [0.3, 0.4) is 0 Å². The van der Waals surface area contributed by atoms with Crippen LogP contribution < -0.4 is 4.74 Å². The molecule has 0 spiro atoms. The van der Waals surface area contributed by atoms with Crippen molar-refractivity contribution >= 4 is 5.91 Å². The lowest BCUT2D eigenvalue weighted by atomic mass is 9.99. The van der Waals surface area contributed by atoms with Gasteiger partial charge in [0, 0.05) is 24.8 Å². The fourth-order valence-electron chi connectivity index (χ4n) is 3.82. The minimum Gasteiger partial charge on any atom is -0.496 e. The number of methoxy groups -OCH3 is 1. The molecular formula is C22H25N5O2. The maximum absolute atomic E-state index is 13.0. The molecule has 1 aromatic carbocycles. The van der Waals surface area contributed by atoms with Gasteiger partial charge in [-0.25, -0.2) is 14.6 Å². The van der Waals surface area contributed by atoms with E-state index in [2.05, 4.69) is 22.0 Å². The number of piperidine rings is 1. The molecule has 0 aliphatic carbocycles. The van der Waals surface area contributed by atoms with E-state index in [0.717, 1.165) is 42.2 Å². The summed E-state index contributed by atoms with van der Waals surface area (Å²) in [7, 11) is 1.64. The summed E-state index contributed by atoms with van der Waals surface area (Å²) in [6.07, 6.45) is 5.53. The van der Waals surface area contributed by atoms with Crippen LogP contribution in [0.1, 0.15) is 35.8 Å². The molecule has 1 saturated heterocycles. The molecular weight excluding hydrogens is 366 g/mol. The minimum atomic E-state index is 0.0289. The Morgan fingerprint density at radius 2 is 2.07 bits per heavy atom. The molecule has 0 saturated carbocycles. The maximum atomic E-state index is 13.0. The average Bonchev–Trinajstić information content (AvgIpc) is 3.14. The Morgan fingerprint density at radius 3 is 2.86 bits per heavy atom. The standard InChI is InChI=1S/C22H25N5O2/c1-15-7-6-12-26(14-15)21(28)18-13-24-27(16(18)2)22-23-11-10-19(25-22)17-8-4-5-9-20(17)29-3/h4-5,8-11,13,15H,6-7,12,14H2,1-3H3/t15-/m0/s1. The van der Waals surface area contributed by atoms with Gasteiger partial charge < -0.3 is 9.64 Å². The van der Waals surface area contributed by atoms with E-state index in [0.29, 0.717) is 17.4 Å². The smallest absolute Gasteiger partial charge is 0.257 e. The molecule has 3 heterocycles. The SMILES string of the molecule is COc1ccccc1-c1ccnc(-n2ncc(C(=O)N3CCC[C@H](C)C3)c2C)n1. The molecule has 0 N–H and O–H groups in total. The van der Waals surface area contributed by atoms with E-state index >= 15 is 0 Å². The van der Waals surface area contributed by atoms with Gasteiger partial charge in [-0.05, 0) is 43.9 Å². The van der Waals surface area contributed by atoms with Crippen molar-refractivity contribution in [2.24, 2.45) is 5.92 Å². The van der Waals surface area contributed by atoms with Gasteiger partial charge in [-0.2, -0.15) is 5.10 Å². The van der Waals surface area contributed by atoms with E-state index in [1.165, 1.54) is 6.42 Å². The van der Waals surface area contributed by atoms with Crippen LogP contribution in [-0.2, 0) is 0 Å². The highest BCUT2D eigenvalue weighted by molar-refractivity contribution is 5.95. The zero-order valence-corrected chi connectivity index (χ0v) is 17.0. The second-order valence-corrected chi connectivity index (χ2v) is 7.50. The Kier molecular flexibility index (Phi) is 5.29. The molecule has 4 rings (SSSR count). The molecule has 1 atom stereocenters. The fourth-order valence-corrected chi connectivity index (χ4v) is 3.82. The third-order valence-electron chi connectivity index (χ3n) is 5.40. The third kappa shape index (κ3) is 3.72. The summed E-state index contributed by atoms with van der Waals surface area (Å²) in [5, 5.41) is 4.41. The number of amides is 1. The van der Waals surface area contributed by atoms with Crippen molar-refractivity contribution in [1.82, 2.24) is 24.6 Å². The van der Waals surface area contributed by atoms with Crippen LogP contribution in [0.5, 0.6) is 5.75 Å². The number of rotatable bonds is 4. The van der Waals surface area contributed by atoms with Gasteiger partial charge in [0.2, 0.25) is 0 Å². The highest BCUT2D eigenvalue weighted by Crippen LogP contribution is 2.28. The van der Waals surface area contributed by atoms with E-state index in [1.807, 2.05) is 42.2 Å². The fraction of sp³-hybridized carbons (Fsp3) is 0.364.